The number of aromatic nitrogens is 2. The Morgan fingerprint density at radius 1 is 1.19 bits per heavy atom. The molecular formula is C21H18ClF4N3O3. The highest BCUT2D eigenvalue weighted by Gasteiger charge is 2.28. The Balaban J connectivity index is 1.95. The summed E-state index contributed by atoms with van der Waals surface area (Å²) in [5, 5.41) is 2.88. The quantitative estimate of drug-likeness (QED) is 0.486. The second-order valence-electron chi connectivity index (χ2n) is 6.82. The van der Waals surface area contributed by atoms with Gasteiger partial charge in [0.2, 0.25) is 11.7 Å². The maximum absolute atomic E-state index is 13.5. The molecule has 0 aliphatic heterocycles. The van der Waals surface area contributed by atoms with Crippen LogP contribution in [0.4, 0.5) is 29.2 Å². The molecule has 0 saturated heterocycles. The van der Waals surface area contributed by atoms with Crippen molar-refractivity contribution in [3.05, 3.63) is 74.9 Å². The van der Waals surface area contributed by atoms with Crippen molar-refractivity contribution in [2.24, 2.45) is 0 Å². The molecule has 3 rings (SSSR count). The lowest BCUT2D eigenvalue weighted by Crippen LogP contribution is -2.20. The molecule has 2 aromatic carbocycles. The van der Waals surface area contributed by atoms with Gasteiger partial charge in [-0.05, 0) is 36.2 Å². The van der Waals surface area contributed by atoms with E-state index >= 15 is 0 Å². The van der Waals surface area contributed by atoms with E-state index in [0.717, 1.165) is 0 Å². The van der Waals surface area contributed by atoms with Gasteiger partial charge in [-0.2, -0.15) is 18.2 Å². The van der Waals surface area contributed by atoms with Gasteiger partial charge in [-0.3, -0.25) is 4.79 Å². The lowest BCUT2D eigenvalue weighted by Gasteiger charge is -2.17. The summed E-state index contributed by atoms with van der Waals surface area (Å²) in [6, 6.07) is 8.51. The first-order chi connectivity index (χ1) is 15.1. The second kappa shape index (κ2) is 9.47. The monoisotopic (exact) mass is 471 g/mol. The highest BCUT2D eigenvalue weighted by atomic mass is 35.5. The number of alkyl halides is 3. The molecule has 170 valence electrons. The molecule has 0 aliphatic rings. The Hall–Kier alpha value is -3.27. The number of ether oxygens (including phenoxy) is 2. The van der Waals surface area contributed by atoms with E-state index in [-0.39, 0.29) is 29.0 Å². The Labute approximate surface area is 185 Å². The van der Waals surface area contributed by atoms with Crippen LogP contribution in [0.25, 0.3) is 0 Å². The smallest absolute Gasteiger partial charge is 0.422 e. The summed E-state index contributed by atoms with van der Waals surface area (Å²) in [7, 11) is 1.32. The minimum atomic E-state index is -4.48. The average Bonchev–Trinajstić information content (AvgIpc) is 2.72. The predicted molar refractivity (Wildman–Crippen MR) is 112 cm³/mol. The van der Waals surface area contributed by atoms with E-state index in [0.29, 0.717) is 16.8 Å². The first-order valence-electron chi connectivity index (χ1n) is 9.22. The van der Waals surface area contributed by atoms with Crippen LogP contribution in [0.3, 0.4) is 0 Å². The molecule has 0 fully saturated rings. The van der Waals surface area contributed by atoms with Crippen LogP contribution in [0.2, 0.25) is 5.02 Å². The van der Waals surface area contributed by atoms with Crippen molar-refractivity contribution in [2.45, 2.75) is 19.6 Å². The van der Waals surface area contributed by atoms with Crippen LogP contribution in [0.5, 0.6) is 11.5 Å². The zero-order valence-corrected chi connectivity index (χ0v) is 17.7. The largest absolute Gasteiger partial charge is 0.490 e. The zero-order chi connectivity index (χ0) is 23.5. The summed E-state index contributed by atoms with van der Waals surface area (Å²) in [6.07, 6.45) is -3.07. The van der Waals surface area contributed by atoms with Gasteiger partial charge in [-0.1, -0.05) is 23.7 Å². The van der Waals surface area contributed by atoms with E-state index < -0.39 is 24.2 Å². The molecule has 0 radical (unpaired) electrons. The third-order valence-corrected chi connectivity index (χ3v) is 4.67. The fourth-order valence-corrected chi connectivity index (χ4v) is 2.98. The van der Waals surface area contributed by atoms with E-state index in [2.05, 4.69) is 10.3 Å². The van der Waals surface area contributed by atoms with Gasteiger partial charge in [0.1, 0.15) is 11.6 Å². The lowest BCUT2D eigenvalue weighted by molar-refractivity contribution is -0.153. The summed E-state index contributed by atoms with van der Waals surface area (Å²) in [5.74, 6) is -0.520. The molecule has 3 aromatic rings. The molecule has 0 unspecified atom stereocenters. The first-order valence-corrected chi connectivity index (χ1v) is 9.60. The van der Waals surface area contributed by atoms with Gasteiger partial charge >= 0.3 is 11.7 Å². The number of anilines is 2. The van der Waals surface area contributed by atoms with Crippen molar-refractivity contribution in [1.82, 2.24) is 9.55 Å². The van der Waals surface area contributed by atoms with Crippen LogP contribution < -0.4 is 20.3 Å². The molecular weight excluding hydrogens is 454 g/mol. The van der Waals surface area contributed by atoms with Crippen molar-refractivity contribution < 1.29 is 27.0 Å². The molecule has 0 bridgehead atoms. The fraction of sp³-hybridized carbons (Fsp3) is 0.238. The fourth-order valence-electron chi connectivity index (χ4n) is 2.78. The van der Waals surface area contributed by atoms with Crippen LogP contribution in [0.1, 0.15) is 11.1 Å². The molecule has 1 heterocycles. The molecule has 0 atom stereocenters. The molecule has 0 saturated carbocycles. The van der Waals surface area contributed by atoms with Crippen LogP contribution in [0.15, 0.2) is 47.4 Å². The number of nitrogens with one attached hydrogen (secondary N) is 1. The van der Waals surface area contributed by atoms with Crippen LogP contribution in [-0.2, 0) is 6.54 Å². The van der Waals surface area contributed by atoms with E-state index in [1.54, 1.807) is 13.0 Å². The average molecular weight is 472 g/mol. The molecule has 11 heteroatoms. The minimum Gasteiger partial charge on any atom is -0.490 e. The van der Waals surface area contributed by atoms with E-state index in [1.807, 2.05) is 0 Å². The number of halogens is 5. The first kappa shape index (κ1) is 23.4. The van der Waals surface area contributed by atoms with Gasteiger partial charge < -0.3 is 19.4 Å². The van der Waals surface area contributed by atoms with Crippen molar-refractivity contribution in [3.8, 4) is 11.5 Å². The molecule has 1 aromatic heterocycles. The number of nitrogens with zero attached hydrogens (tertiary/aromatic N) is 2. The number of hydrogen-bond acceptors (Lipinski definition) is 5. The molecule has 0 amide bonds. The van der Waals surface area contributed by atoms with Crippen LogP contribution in [0, 0.1) is 12.7 Å². The summed E-state index contributed by atoms with van der Waals surface area (Å²) in [5.41, 5.74) is 1.02. The normalized spacial score (nSPS) is 11.3. The Kier molecular flexibility index (Phi) is 6.93. The summed E-state index contributed by atoms with van der Waals surface area (Å²) in [4.78, 5) is 16.2. The van der Waals surface area contributed by atoms with Gasteiger partial charge in [0.25, 0.3) is 0 Å². The van der Waals surface area contributed by atoms with Gasteiger partial charge in [0, 0.05) is 11.8 Å². The third kappa shape index (κ3) is 5.91. The third-order valence-electron chi connectivity index (χ3n) is 4.38. The number of methoxy groups -OCH3 is 1. The van der Waals surface area contributed by atoms with Crippen molar-refractivity contribution in [1.29, 1.82) is 0 Å². The van der Waals surface area contributed by atoms with Gasteiger partial charge in [-0.25, -0.2) is 4.39 Å². The summed E-state index contributed by atoms with van der Waals surface area (Å²) >= 11 is 5.85. The minimum absolute atomic E-state index is 0.0110. The topological polar surface area (TPSA) is 65.4 Å². The second-order valence-corrected chi connectivity index (χ2v) is 7.23. The number of benzene rings is 2. The van der Waals surface area contributed by atoms with Gasteiger partial charge in [0.05, 0.1) is 24.9 Å². The molecule has 0 spiro atoms. The number of aryl methyl sites for hydroxylation is 1. The molecule has 6 nitrogen and oxygen atoms in total. The SMILES string of the molecule is COc1cn(Cc2ccc(F)c(Cl)c2)c(Nc2cc(OCC(F)(F)F)ccc2C)nc1=O. The Bertz CT molecular complexity index is 1180. The van der Waals surface area contributed by atoms with E-state index in [4.69, 9.17) is 21.1 Å². The van der Waals surface area contributed by atoms with Crippen LogP contribution in [-0.4, -0.2) is 29.4 Å². The van der Waals surface area contributed by atoms with Crippen LogP contribution >= 0.6 is 11.6 Å². The van der Waals surface area contributed by atoms with Crippen molar-refractivity contribution in [3.63, 3.8) is 0 Å². The Morgan fingerprint density at radius 2 is 1.94 bits per heavy atom. The Morgan fingerprint density at radius 3 is 2.59 bits per heavy atom. The predicted octanol–water partition coefficient (Wildman–Crippen LogP) is 5.09. The van der Waals surface area contributed by atoms with Gasteiger partial charge in [0.15, 0.2) is 6.61 Å². The lowest BCUT2D eigenvalue weighted by atomic mass is 10.2. The molecule has 32 heavy (non-hydrogen) atoms. The van der Waals surface area contributed by atoms with E-state index in [1.165, 1.54) is 48.2 Å². The molecule has 1 N–H and O–H groups in total. The van der Waals surface area contributed by atoms with E-state index in [9.17, 15) is 22.4 Å². The standard InChI is InChI=1S/C21H18ClF4N3O3/c1-12-3-5-14(32-11-21(24,25)26)8-17(12)27-20-28-19(30)18(31-2)10-29(20)9-13-4-6-16(23)15(22)7-13/h3-8,10H,9,11H2,1-2H3,(H,27,28,30). The number of rotatable bonds is 7. The highest BCUT2D eigenvalue weighted by Crippen LogP contribution is 2.27. The summed E-state index contributed by atoms with van der Waals surface area (Å²) in [6.45, 7) is 0.434. The molecule has 0 aliphatic carbocycles. The number of hydrogen-bond donors (Lipinski definition) is 1. The maximum Gasteiger partial charge on any atom is 0.422 e. The zero-order valence-electron chi connectivity index (χ0n) is 17.0. The van der Waals surface area contributed by atoms with Crippen molar-refractivity contribution >= 4 is 23.2 Å². The maximum atomic E-state index is 13.5. The summed E-state index contributed by atoms with van der Waals surface area (Å²) < 4.78 is 62.2. The van der Waals surface area contributed by atoms with Crippen molar-refractivity contribution in [2.75, 3.05) is 19.0 Å². The van der Waals surface area contributed by atoms with Gasteiger partial charge in [-0.15, -0.1) is 0 Å². The highest BCUT2D eigenvalue weighted by molar-refractivity contribution is 6.30.